The van der Waals surface area contributed by atoms with Gasteiger partial charge in [-0.25, -0.2) is 4.98 Å². The number of nitrogens with one attached hydrogen (secondary N) is 1. The van der Waals surface area contributed by atoms with Crippen molar-refractivity contribution in [2.45, 2.75) is 19.8 Å². The Bertz CT molecular complexity index is 770. The molecule has 25 heavy (non-hydrogen) atoms. The number of likely N-dealkylation sites (tertiary alicyclic amines) is 1. The maximum absolute atomic E-state index is 12.5. The van der Waals surface area contributed by atoms with Crippen LogP contribution in [-0.4, -0.2) is 41.4 Å². The number of carbonyl (C=O) groups is 2. The van der Waals surface area contributed by atoms with E-state index in [0.717, 1.165) is 25.9 Å². The van der Waals surface area contributed by atoms with Crippen molar-refractivity contribution in [2.24, 2.45) is 0 Å². The predicted octanol–water partition coefficient (Wildman–Crippen LogP) is 2.97. The Balaban J connectivity index is 1.76. The van der Waals surface area contributed by atoms with Crippen LogP contribution in [-0.2, 0) is 0 Å². The number of aromatic nitrogens is 1. The van der Waals surface area contributed by atoms with Crippen LogP contribution in [0.25, 0.3) is 0 Å². The van der Waals surface area contributed by atoms with Crippen LogP contribution in [0.5, 0.6) is 5.75 Å². The third-order valence-electron chi connectivity index (χ3n) is 4.03. The minimum Gasteiger partial charge on any atom is -0.492 e. The molecule has 1 saturated heterocycles. The topological polar surface area (TPSA) is 71.5 Å². The number of hydrogen-bond acceptors (Lipinski definition) is 4. The maximum Gasteiger partial charge on any atom is 0.274 e. The molecule has 6 heteroatoms. The second-order valence-corrected chi connectivity index (χ2v) is 5.79. The average molecular weight is 339 g/mol. The van der Waals surface area contributed by atoms with Gasteiger partial charge in [-0.1, -0.05) is 18.2 Å². The summed E-state index contributed by atoms with van der Waals surface area (Å²) in [6, 6.07) is 12.1. The van der Waals surface area contributed by atoms with Gasteiger partial charge in [0.2, 0.25) is 0 Å². The fraction of sp³-hybridized carbons (Fsp3) is 0.316. The highest BCUT2D eigenvalue weighted by Crippen LogP contribution is 2.24. The van der Waals surface area contributed by atoms with Crippen molar-refractivity contribution < 1.29 is 14.3 Å². The molecule has 1 aromatic heterocycles. The van der Waals surface area contributed by atoms with E-state index in [0.29, 0.717) is 23.7 Å². The number of rotatable bonds is 5. The van der Waals surface area contributed by atoms with Gasteiger partial charge in [0.25, 0.3) is 11.8 Å². The Morgan fingerprint density at radius 2 is 1.80 bits per heavy atom. The van der Waals surface area contributed by atoms with Crippen LogP contribution in [0.2, 0.25) is 0 Å². The second kappa shape index (κ2) is 7.79. The monoisotopic (exact) mass is 339 g/mol. The Labute approximate surface area is 146 Å². The lowest BCUT2D eigenvalue weighted by atomic mass is 10.2. The summed E-state index contributed by atoms with van der Waals surface area (Å²) in [6.45, 7) is 3.88. The molecule has 0 radical (unpaired) electrons. The largest absolute Gasteiger partial charge is 0.492 e. The molecule has 0 spiro atoms. The van der Waals surface area contributed by atoms with Gasteiger partial charge in [0, 0.05) is 13.1 Å². The normalized spacial score (nSPS) is 13.6. The number of nitrogens with zero attached hydrogens (tertiary/aromatic N) is 2. The Hall–Kier alpha value is -2.89. The third-order valence-corrected chi connectivity index (χ3v) is 4.03. The zero-order chi connectivity index (χ0) is 17.6. The van der Waals surface area contributed by atoms with Crippen molar-refractivity contribution in [3.8, 4) is 5.75 Å². The molecule has 1 aromatic carbocycles. The summed E-state index contributed by atoms with van der Waals surface area (Å²) in [5, 5.41) is 2.80. The SMILES string of the molecule is CCOc1ccccc1NC(=O)c1cccc(C(=O)N2CCCC2)n1. The van der Waals surface area contributed by atoms with Gasteiger partial charge >= 0.3 is 0 Å². The molecule has 3 rings (SSSR count). The van der Waals surface area contributed by atoms with E-state index in [9.17, 15) is 9.59 Å². The quantitative estimate of drug-likeness (QED) is 0.909. The lowest BCUT2D eigenvalue weighted by Crippen LogP contribution is -2.29. The highest BCUT2D eigenvalue weighted by Gasteiger charge is 2.21. The van der Waals surface area contributed by atoms with Gasteiger partial charge < -0.3 is 15.0 Å². The molecule has 6 nitrogen and oxygen atoms in total. The van der Waals surface area contributed by atoms with Gasteiger partial charge in [0.1, 0.15) is 17.1 Å². The molecule has 130 valence electrons. The van der Waals surface area contributed by atoms with E-state index in [4.69, 9.17) is 4.74 Å². The molecule has 2 aromatic rings. The van der Waals surface area contributed by atoms with Crippen molar-refractivity contribution in [1.29, 1.82) is 0 Å². The molecule has 0 atom stereocenters. The summed E-state index contributed by atoms with van der Waals surface area (Å²) in [5.41, 5.74) is 1.08. The van der Waals surface area contributed by atoms with Crippen LogP contribution in [0.15, 0.2) is 42.5 Å². The van der Waals surface area contributed by atoms with Crippen LogP contribution < -0.4 is 10.1 Å². The number of ether oxygens (including phenoxy) is 1. The highest BCUT2D eigenvalue weighted by molar-refractivity contribution is 6.04. The standard InChI is InChI=1S/C19H21N3O3/c1-2-25-17-11-4-3-8-14(17)21-18(23)15-9-7-10-16(20-15)19(24)22-12-5-6-13-22/h3-4,7-11H,2,5-6,12-13H2,1H3,(H,21,23). The van der Waals surface area contributed by atoms with E-state index in [-0.39, 0.29) is 17.5 Å². The molecule has 2 amide bonds. The van der Waals surface area contributed by atoms with E-state index in [1.54, 1.807) is 35.2 Å². The Morgan fingerprint density at radius 1 is 1.08 bits per heavy atom. The Morgan fingerprint density at radius 3 is 2.56 bits per heavy atom. The van der Waals surface area contributed by atoms with Gasteiger partial charge in [0.15, 0.2) is 0 Å². The zero-order valence-electron chi connectivity index (χ0n) is 14.2. The van der Waals surface area contributed by atoms with Crippen LogP contribution in [0.1, 0.15) is 40.7 Å². The number of anilines is 1. The van der Waals surface area contributed by atoms with E-state index in [1.165, 1.54) is 0 Å². The number of para-hydroxylation sites is 2. The second-order valence-electron chi connectivity index (χ2n) is 5.79. The summed E-state index contributed by atoms with van der Waals surface area (Å²) in [7, 11) is 0. The number of pyridine rings is 1. The molecule has 0 saturated carbocycles. The third kappa shape index (κ3) is 3.96. The van der Waals surface area contributed by atoms with Crippen LogP contribution >= 0.6 is 0 Å². The van der Waals surface area contributed by atoms with Crippen LogP contribution in [0.3, 0.4) is 0 Å². The fourth-order valence-corrected chi connectivity index (χ4v) is 2.80. The van der Waals surface area contributed by atoms with Gasteiger partial charge in [0.05, 0.1) is 12.3 Å². The van der Waals surface area contributed by atoms with Crippen molar-refractivity contribution >= 4 is 17.5 Å². The molecule has 1 aliphatic heterocycles. The van der Waals surface area contributed by atoms with E-state index < -0.39 is 0 Å². The van der Waals surface area contributed by atoms with Crippen LogP contribution in [0, 0.1) is 0 Å². The number of benzene rings is 1. The first kappa shape index (κ1) is 17.0. The lowest BCUT2D eigenvalue weighted by Gasteiger charge is -2.15. The number of carbonyl (C=O) groups excluding carboxylic acids is 2. The zero-order valence-corrected chi connectivity index (χ0v) is 14.2. The Kier molecular flexibility index (Phi) is 5.28. The molecular weight excluding hydrogens is 318 g/mol. The smallest absolute Gasteiger partial charge is 0.274 e. The van der Waals surface area contributed by atoms with Gasteiger partial charge in [-0.05, 0) is 44.0 Å². The average Bonchev–Trinajstić information content (AvgIpc) is 3.18. The molecule has 2 heterocycles. The first-order valence-corrected chi connectivity index (χ1v) is 8.48. The van der Waals surface area contributed by atoms with Crippen molar-refractivity contribution in [3.05, 3.63) is 53.9 Å². The summed E-state index contributed by atoms with van der Waals surface area (Å²) in [4.78, 5) is 31.0. The minimum atomic E-state index is -0.372. The molecule has 1 N–H and O–H groups in total. The first-order chi connectivity index (χ1) is 12.2. The summed E-state index contributed by atoms with van der Waals surface area (Å²) in [5.74, 6) is 0.104. The van der Waals surface area contributed by atoms with E-state index in [2.05, 4.69) is 10.3 Å². The van der Waals surface area contributed by atoms with Crippen molar-refractivity contribution in [3.63, 3.8) is 0 Å². The number of hydrogen-bond donors (Lipinski definition) is 1. The first-order valence-electron chi connectivity index (χ1n) is 8.48. The summed E-state index contributed by atoms with van der Waals surface area (Å²) in [6.07, 6.45) is 2.03. The highest BCUT2D eigenvalue weighted by atomic mass is 16.5. The molecule has 0 aliphatic carbocycles. The molecule has 0 bridgehead atoms. The molecular formula is C19H21N3O3. The summed E-state index contributed by atoms with van der Waals surface area (Å²) < 4.78 is 5.51. The molecule has 0 unspecified atom stereocenters. The predicted molar refractivity (Wildman–Crippen MR) is 94.9 cm³/mol. The van der Waals surface area contributed by atoms with E-state index >= 15 is 0 Å². The van der Waals surface area contributed by atoms with Gasteiger partial charge in [-0.3, -0.25) is 9.59 Å². The van der Waals surface area contributed by atoms with Crippen molar-refractivity contribution in [1.82, 2.24) is 9.88 Å². The minimum absolute atomic E-state index is 0.123. The van der Waals surface area contributed by atoms with Crippen LogP contribution in [0.4, 0.5) is 5.69 Å². The van der Waals surface area contributed by atoms with Crippen molar-refractivity contribution in [2.75, 3.05) is 25.0 Å². The lowest BCUT2D eigenvalue weighted by molar-refractivity contribution is 0.0787. The van der Waals surface area contributed by atoms with Gasteiger partial charge in [-0.2, -0.15) is 0 Å². The van der Waals surface area contributed by atoms with Gasteiger partial charge in [-0.15, -0.1) is 0 Å². The van der Waals surface area contributed by atoms with E-state index in [1.807, 2.05) is 19.1 Å². The fourth-order valence-electron chi connectivity index (χ4n) is 2.80. The molecule has 1 aliphatic rings. The maximum atomic E-state index is 12.5. The molecule has 1 fully saturated rings. The summed E-state index contributed by atoms with van der Waals surface area (Å²) >= 11 is 0. The number of amides is 2.